The van der Waals surface area contributed by atoms with E-state index in [-0.39, 0.29) is 24.0 Å². The van der Waals surface area contributed by atoms with Gasteiger partial charge < -0.3 is 20.1 Å². The van der Waals surface area contributed by atoms with E-state index in [0.29, 0.717) is 32.4 Å². The molecule has 0 unspecified atom stereocenters. The molecule has 102 valence electrons. The van der Waals surface area contributed by atoms with Crippen LogP contribution in [0.4, 0.5) is 0 Å². The number of nitrogens with one attached hydrogen (secondary N) is 2. The zero-order chi connectivity index (χ0) is 11.6. The topological polar surface area (TPSA) is 54.9 Å². The third-order valence-corrected chi connectivity index (χ3v) is 2.20. The molecule has 0 radical (unpaired) electrons. The van der Waals surface area contributed by atoms with E-state index in [0.717, 1.165) is 12.5 Å². The van der Waals surface area contributed by atoms with E-state index in [1.165, 1.54) is 12.8 Å². The lowest BCUT2D eigenvalue weighted by atomic mass is 10.6. The summed E-state index contributed by atoms with van der Waals surface area (Å²) in [5.74, 6) is 0.903. The Balaban J connectivity index is 0.00000256. The van der Waals surface area contributed by atoms with Crippen molar-refractivity contribution in [1.82, 2.24) is 10.6 Å². The normalized spacial score (nSPS) is 15.3. The summed E-state index contributed by atoms with van der Waals surface area (Å²) in [4.78, 5) is 4.42. The third-order valence-electron chi connectivity index (χ3n) is 2.20. The van der Waals surface area contributed by atoms with Gasteiger partial charge in [-0.2, -0.15) is 0 Å². The van der Waals surface area contributed by atoms with Crippen molar-refractivity contribution >= 4 is 29.9 Å². The van der Waals surface area contributed by atoms with Gasteiger partial charge in [0.2, 0.25) is 0 Å². The number of nitrogens with zero attached hydrogens (tertiary/aromatic N) is 1. The second-order valence-corrected chi connectivity index (χ2v) is 3.78. The first-order valence-electron chi connectivity index (χ1n) is 5.98. The van der Waals surface area contributed by atoms with E-state index < -0.39 is 0 Å². The van der Waals surface area contributed by atoms with Crippen LogP contribution < -0.4 is 10.6 Å². The van der Waals surface area contributed by atoms with Crippen LogP contribution in [0, 0.1) is 0 Å². The molecule has 0 bridgehead atoms. The molecular weight excluding hydrogens is 333 g/mol. The van der Waals surface area contributed by atoms with E-state index in [1.807, 2.05) is 0 Å². The van der Waals surface area contributed by atoms with E-state index in [1.54, 1.807) is 7.11 Å². The molecule has 0 aromatic carbocycles. The summed E-state index contributed by atoms with van der Waals surface area (Å²) in [7, 11) is 1.67. The molecule has 2 N–H and O–H groups in total. The van der Waals surface area contributed by atoms with Crippen LogP contribution in [-0.2, 0) is 9.47 Å². The minimum Gasteiger partial charge on any atom is -0.382 e. The van der Waals surface area contributed by atoms with Gasteiger partial charge >= 0.3 is 0 Å². The number of guanidine groups is 1. The molecule has 0 amide bonds. The average Bonchev–Trinajstić information content (AvgIpc) is 3.07. The summed E-state index contributed by atoms with van der Waals surface area (Å²) in [5, 5.41) is 6.57. The molecule has 1 rings (SSSR count). The fourth-order valence-electron chi connectivity index (χ4n) is 1.21. The average molecular weight is 357 g/mol. The van der Waals surface area contributed by atoms with E-state index >= 15 is 0 Å². The number of hydrogen-bond donors (Lipinski definition) is 2. The Hall–Kier alpha value is -0.0800. The summed E-state index contributed by atoms with van der Waals surface area (Å²) in [6, 6.07) is 0.632. The fraction of sp³-hybridized carbons (Fsp3) is 0.909. The second-order valence-electron chi connectivity index (χ2n) is 3.78. The molecule has 0 aromatic rings. The first-order chi connectivity index (χ1) is 7.86. The van der Waals surface area contributed by atoms with Crippen molar-refractivity contribution in [3.05, 3.63) is 0 Å². The van der Waals surface area contributed by atoms with Crippen LogP contribution >= 0.6 is 24.0 Å². The lowest BCUT2D eigenvalue weighted by Crippen LogP contribution is -2.38. The minimum absolute atomic E-state index is 0. The SMILES string of the molecule is CCNC(=NCCOCCOC)NC1CC1.I. The molecule has 17 heavy (non-hydrogen) atoms. The summed E-state index contributed by atoms with van der Waals surface area (Å²) in [6.07, 6.45) is 2.52. The number of hydrogen-bond acceptors (Lipinski definition) is 3. The molecule has 0 aliphatic heterocycles. The molecule has 0 heterocycles. The molecule has 6 heteroatoms. The third kappa shape index (κ3) is 9.61. The van der Waals surface area contributed by atoms with E-state index in [4.69, 9.17) is 9.47 Å². The van der Waals surface area contributed by atoms with Gasteiger partial charge in [-0.25, -0.2) is 0 Å². The van der Waals surface area contributed by atoms with Crippen molar-refractivity contribution in [1.29, 1.82) is 0 Å². The van der Waals surface area contributed by atoms with Crippen molar-refractivity contribution in [2.24, 2.45) is 4.99 Å². The molecule has 1 aliphatic carbocycles. The van der Waals surface area contributed by atoms with Gasteiger partial charge in [-0.15, -0.1) is 24.0 Å². The maximum absolute atomic E-state index is 5.34. The summed E-state index contributed by atoms with van der Waals surface area (Å²) in [5.41, 5.74) is 0. The van der Waals surface area contributed by atoms with Gasteiger partial charge in [0.25, 0.3) is 0 Å². The van der Waals surface area contributed by atoms with Gasteiger partial charge in [0.15, 0.2) is 5.96 Å². The maximum Gasteiger partial charge on any atom is 0.191 e. The highest BCUT2D eigenvalue weighted by Crippen LogP contribution is 2.18. The van der Waals surface area contributed by atoms with Crippen molar-refractivity contribution in [3.8, 4) is 0 Å². The Morgan fingerprint density at radius 2 is 2.06 bits per heavy atom. The quantitative estimate of drug-likeness (QED) is 0.294. The summed E-state index contributed by atoms with van der Waals surface area (Å²) >= 11 is 0. The van der Waals surface area contributed by atoms with Crippen LogP contribution in [-0.4, -0.2) is 52.0 Å². The van der Waals surface area contributed by atoms with Crippen LogP contribution in [0.1, 0.15) is 19.8 Å². The maximum atomic E-state index is 5.34. The molecule has 1 fully saturated rings. The zero-order valence-electron chi connectivity index (χ0n) is 10.7. The Labute approximate surface area is 121 Å². The highest BCUT2D eigenvalue weighted by Gasteiger charge is 2.21. The predicted octanol–water partition coefficient (Wildman–Crippen LogP) is 0.985. The number of aliphatic imine (C=N–C) groups is 1. The molecule has 0 aromatic heterocycles. The Morgan fingerprint density at radius 3 is 2.65 bits per heavy atom. The summed E-state index contributed by atoms with van der Waals surface area (Å²) in [6.45, 7) is 5.57. The van der Waals surface area contributed by atoms with Gasteiger partial charge in [-0.1, -0.05) is 0 Å². The summed E-state index contributed by atoms with van der Waals surface area (Å²) < 4.78 is 10.2. The lowest BCUT2D eigenvalue weighted by molar-refractivity contribution is 0.0748. The monoisotopic (exact) mass is 357 g/mol. The van der Waals surface area contributed by atoms with Crippen molar-refractivity contribution in [3.63, 3.8) is 0 Å². The standard InChI is InChI=1S/C11H23N3O2.HI/c1-3-12-11(14-10-4-5-10)13-6-7-16-9-8-15-2;/h10H,3-9H2,1-2H3,(H2,12,13,14);1H. The molecule has 5 nitrogen and oxygen atoms in total. The first-order valence-corrected chi connectivity index (χ1v) is 5.98. The molecule has 0 saturated heterocycles. The Morgan fingerprint density at radius 1 is 1.29 bits per heavy atom. The number of halogens is 1. The smallest absolute Gasteiger partial charge is 0.191 e. The molecule has 0 spiro atoms. The van der Waals surface area contributed by atoms with Crippen LogP contribution in [0.2, 0.25) is 0 Å². The van der Waals surface area contributed by atoms with Gasteiger partial charge in [0, 0.05) is 19.7 Å². The van der Waals surface area contributed by atoms with Crippen LogP contribution in [0.5, 0.6) is 0 Å². The number of rotatable bonds is 8. The highest BCUT2D eigenvalue weighted by atomic mass is 127. The Bertz CT molecular complexity index is 211. The number of methoxy groups -OCH3 is 1. The first kappa shape index (κ1) is 16.9. The van der Waals surface area contributed by atoms with Crippen molar-refractivity contribution in [2.75, 3.05) is 40.0 Å². The van der Waals surface area contributed by atoms with E-state index in [2.05, 4.69) is 22.5 Å². The lowest BCUT2D eigenvalue weighted by Gasteiger charge is -2.10. The number of ether oxygens (including phenoxy) is 2. The minimum atomic E-state index is 0. The van der Waals surface area contributed by atoms with Crippen molar-refractivity contribution in [2.45, 2.75) is 25.8 Å². The highest BCUT2D eigenvalue weighted by molar-refractivity contribution is 14.0. The van der Waals surface area contributed by atoms with Crippen molar-refractivity contribution < 1.29 is 9.47 Å². The predicted molar refractivity (Wildman–Crippen MR) is 80.2 cm³/mol. The fourth-order valence-corrected chi connectivity index (χ4v) is 1.21. The molecule has 1 saturated carbocycles. The molecular formula is C11H24IN3O2. The van der Waals surface area contributed by atoms with Crippen LogP contribution in [0.3, 0.4) is 0 Å². The zero-order valence-corrected chi connectivity index (χ0v) is 13.0. The molecule has 0 atom stereocenters. The van der Waals surface area contributed by atoms with Crippen LogP contribution in [0.15, 0.2) is 4.99 Å². The largest absolute Gasteiger partial charge is 0.382 e. The second kappa shape index (κ2) is 11.0. The Kier molecular flexibility index (Phi) is 11.0. The molecule has 1 aliphatic rings. The van der Waals surface area contributed by atoms with Gasteiger partial charge in [-0.3, -0.25) is 4.99 Å². The van der Waals surface area contributed by atoms with Gasteiger partial charge in [0.05, 0.1) is 26.4 Å². The van der Waals surface area contributed by atoms with Gasteiger partial charge in [0.1, 0.15) is 0 Å². The van der Waals surface area contributed by atoms with Crippen LogP contribution in [0.25, 0.3) is 0 Å². The van der Waals surface area contributed by atoms with E-state index in [9.17, 15) is 0 Å². The van der Waals surface area contributed by atoms with Gasteiger partial charge in [-0.05, 0) is 19.8 Å².